The summed E-state index contributed by atoms with van der Waals surface area (Å²) in [5.41, 5.74) is 2.31. The Kier molecular flexibility index (Phi) is 6.24. The van der Waals surface area contributed by atoms with Crippen LogP contribution < -0.4 is 15.5 Å². The molecule has 2 N–H and O–H groups in total. The highest BCUT2D eigenvalue weighted by Crippen LogP contribution is 2.20. The summed E-state index contributed by atoms with van der Waals surface area (Å²) in [6.07, 6.45) is 0.990. The summed E-state index contributed by atoms with van der Waals surface area (Å²) < 4.78 is 0. The Balaban J connectivity index is 1.65. The normalized spacial score (nSPS) is 14.9. The quantitative estimate of drug-likeness (QED) is 0.817. The average molecular weight is 368 g/mol. The number of aryl methyl sites for hydroxylation is 1. The van der Waals surface area contributed by atoms with Crippen LogP contribution in [0.4, 0.5) is 17.2 Å². The van der Waals surface area contributed by atoms with Gasteiger partial charge in [0.25, 0.3) is 5.91 Å². The Hall–Kier alpha value is -2.67. The van der Waals surface area contributed by atoms with Crippen molar-refractivity contribution in [2.45, 2.75) is 20.3 Å². The lowest BCUT2D eigenvalue weighted by molar-refractivity contribution is 0.102. The molecule has 0 unspecified atom stereocenters. The number of piperazine rings is 1. The fourth-order valence-electron chi connectivity index (χ4n) is 3.04. The molecule has 7 heteroatoms. The monoisotopic (exact) mass is 368 g/mol. The summed E-state index contributed by atoms with van der Waals surface area (Å²) >= 11 is 0. The number of anilines is 3. The second kappa shape index (κ2) is 8.81. The van der Waals surface area contributed by atoms with Crippen LogP contribution in [-0.2, 0) is 0 Å². The first-order valence-corrected chi connectivity index (χ1v) is 9.49. The Morgan fingerprint density at radius 2 is 1.81 bits per heavy atom. The van der Waals surface area contributed by atoms with Crippen LogP contribution in [0, 0.1) is 6.92 Å². The third-order valence-electron chi connectivity index (χ3n) is 4.62. The zero-order chi connectivity index (χ0) is 19.2. The van der Waals surface area contributed by atoms with Crippen molar-refractivity contribution in [1.29, 1.82) is 0 Å². The summed E-state index contributed by atoms with van der Waals surface area (Å²) in [7, 11) is 2.15. The number of nitrogens with zero attached hydrogens (tertiary/aromatic N) is 4. The minimum atomic E-state index is -0.229. The van der Waals surface area contributed by atoms with E-state index < -0.39 is 0 Å². The van der Waals surface area contributed by atoms with Crippen LogP contribution >= 0.6 is 0 Å². The first-order valence-electron chi connectivity index (χ1n) is 9.49. The number of hydrogen-bond donors (Lipinski definition) is 2. The maximum absolute atomic E-state index is 12.6. The van der Waals surface area contributed by atoms with E-state index in [1.807, 2.05) is 12.1 Å². The molecule has 0 radical (unpaired) electrons. The minimum Gasteiger partial charge on any atom is -0.370 e. The van der Waals surface area contributed by atoms with Crippen LogP contribution in [0.25, 0.3) is 0 Å². The van der Waals surface area contributed by atoms with Crippen molar-refractivity contribution in [3.05, 3.63) is 41.9 Å². The minimum absolute atomic E-state index is 0.229. The molecular weight excluding hydrogens is 340 g/mol. The van der Waals surface area contributed by atoms with Gasteiger partial charge < -0.3 is 20.4 Å². The third kappa shape index (κ3) is 5.17. The zero-order valence-corrected chi connectivity index (χ0v) is 16.3. The fraction of sp³-hybridized carbons (Fsp3) is 0.450. The van der Waals surface area contributed by atoms with Crippen LogP contribution in [0.15, 0.2) is 30.3 Å². The molecule has 3 rings (SSSR count). The molecule has 1 aromatic heterocycles. The van der Waals surface area contributed by atoms with Crippen LogP contribution in [-0.4, -0.2) is 60.5 Å². The summed E-state index contributed by atoms with van der Waals surface area (Å²) in [5.74, 6) is 1.03. The van der Waals surface area contributed by atoms with Crippen molar-refractivity contribution in [3.8, 4) is 0 Å². The Morgan fingerprint density at radius 3 is 2.48 bits per heavy atom. The van der Waals surface area contributed by atoms with Gasteiger partial charge in [-0.05, 0) is 44.7 Å². The van der Waals surface area contributed by atoms with Crippen LogP contribution in [0.1, 0.15) is 29.7 Å². The van der Waals surface area contributed by atoms with Gasteiger partial charge in [-0.25, -0.2) is 9.97 Å². The van der Waals surface area contributed by atoms with Crippen molar-refractivity contribution in [2.24, 2.45) is 0 Å². The molecule has 0 atom stereocenters. The number of rotatable bonds is 6. The largest absolute Gasteiger partial charge is 0.370 e. The topological polar surface area (TPSA) is 73.4 Å². The number of carbonyl (C=O) groups is 1. The Morgan fingerprint density at radius 1 is 1.11 bits per heavy atom. The number of benzene rings is 1. The van der Waals surface area contributed by atoms with Gasteiger partial charge in [-0.1, -0.05) is 6.92 Å². The standard InChI is InChI=1S/C20H28N6O/c1-4-9-21-19-14-18(22-15(2)23-19)20(27)24-16-5-7-17(8-6-16)26-12-10-25(3)11-13-26/h5-8,14H,4,9-13H2,1-3H3,(H,24,27)(H,21,22,23). The number of nitrogens with one attached hydrogen (secondary N) is 2. The number of amides is 1. The highest BCUT2D eigenvalue weighted by Gasteiger charge is 2.15. The SMILES string of the molecule is CCCNc1cc(C(=O)Nc2ccc(N3CCN(C)CC3)cc2)nc(C)n1. The molecule has 1 aromatic carbocycles. The second-order valence-corrected chi connectivity index (χ2v) is 6.90. The molecular formula is C20H28N6O. The smallest absolute Gasteiger partial charge is 0.274 e. The second-order valence-electron chi connectivity index (χ2n) is 6.90. The van der Waals surface area contributed by atoms with E-state index in [1.54, 1.807) is 13.0 Å². The van der Waals surface area contributed by atoms with E-state index in [9.17, 15) is 4.79 Å². The van der Waals surface area contributed by atoms with Gasteiger partial charge in [-0.2, -0.15) is 0 Å². The molecule has 144 valence electrons. The molecule has 2 aromatic rings. The maximum atomic E-state index is 12.6. The lowest BCUT2D eigenvalue weighted by atomic mass is 10.2. The van der Waals surface area contributed by atoms with Gasteiger partial charge in [-0.3, -0.25) is 4.79 Å². The molecule has 7 nitrogen and oxygen atoms in total. The van der Waals surface area contributed by atoms with Gasteiger partial charge in [0.15, 0.2) is 0 Å². The lowest BCUT2D eigenvalue weighted by Crippen LogP contribution is -2.44. The van der Waals surface area contributed by atoms with Gasteiger partial charge in [0.05, 0.1) is 0 Å². The van der Waals surface area contributed by atoms with Gasteiger partial charge in [0.1, 0.15) is 17.3 Å². The van der Waals surface area contributed by atoms with Gasteiger partial charge in [0.2, 0.25) is 0 Å². The number of hydrogen-bond acceptors (Lipinski definition) is 6. The highest BCUT2D eigenvalue weighted by atomic mass is 16.1. The summed E-state index contributed by atoms with van der Waals surface area (Å²) in [6, 6.07) is 9.68. The Labute approximate surface area is 160 Å². The van der Waals surface area contributed by atoms with Crippen LogP contribution in [0.3, 0.4) is 0 Å². The third-order valence-corrected chi connectivity index (χ3v) is 4.62. The van der Waals surface area contributed by atoms with E-state index in [0.717, 1.165) is 44.8 Å². The molecule has 0 bridgehead atoms. The number of carbonyl (C=O) groups excluding carboxylic acids is 1. The predicted octanol–water partition coefficient (Wildman–Crippen LogP) is 2.61. The van der Waals surface area contributed by atoms with Crippen molar-refractivity contribution in [2.75, 3.05) is 55.3 Å². The molecule has 27 heavy (non-hydrogen) atoms. The first kappa shape index (κ1) is 19.1. The molecule has 1 aliphatic heterocycles. The van der Waals surface area contributed by atoms with Gasteiger partial charge >= 0.3 is 0 Å². The molecule has 0 aliphatic carbocycles. The molecule has 1 amide bonds. The average Bonchev–Trinajstić information content (AvgIpc) is 2.67. The van der Waals surface area contributed by atoms with E-state index in [-0.39, 0.29) is 5.91 Å². The molecule has 0 saturated carbocycles. The summed E-state index contributed by atoms with van der Waals surface area (Å²) in [4.78, 5) is 25.8. The predicted molar refractivity (Wildman–Crippen MR) is 110 cm³/mol. The van der Waals surface area contributed by atoms with Gasteiger partial charge in [-0.15, -0.1) is 0 Å². The maximum Gasteiger partial charge on any atom is 0.274 e. The van der Waals surface area contributed by atoms with Gasteiger partial charge in [0, 0.05) is 50.2 Å². The molecule has 2 heterocycles. The first-order chi connectivity index (χ1) is 13.0. The molecule has 1 saturated heterocycles. The van der Waals surface area contributed by atoms with Crippen molar-refractivity contribution >= 4 is 23.1 Å². The Bertz CT molecular complexity index is 769. The van der Waals surface area contributed by atoms with Crippen LogP contribution in [0.5, 0.6) is 0 Å². The summed E-state index contributed by atoms with van der Waals surface area (Å²) in [5, 5.41) is 6.12. The van der Waals surface area contributed by atoms with Crippen molar-refractivity contribution in [1.82, 2.24) is 14.9 Å². The van der Waals surface area contributed by atoms with E-state index >= 15 is 0 Å². The highest BCUT2D eigenvalue weighted by molar-refractivity contribution is 6.03. The van der Waals surface area contributed by atoms with E-state index in [1.165, 1.54) is 5.69 Å². The van der Waals surface area contributed by atoms with E-state index in [4.69, 9.17) is 0 Å². The lowest BCUT2D eigenvalue weighted by Gasteiger charge is -2.34. The zero-order valence-electron chi connectivity index (χ0n) is 16.3. The van der Waals surface area contributed by atoms with Crippen molar-refractivity contribution in [3.63, 3.8) is 0 Å². The summed E-state index contributed by atoms with van der Waals surface area (Å²) in [6.45, 7) is 8.87. The molecule has 1 fully saturated rings. The molecule has 1 aliphatic rings. The number of likely N-dealkylation sites (N-methyl/N-ethyl adjacent to an activating group) is 1. The molecule has 0 spiro atoms. The van der Waals surface area contributed by atoms with Crippen LogP contribution in [0.2, 0.25) is 0 Å². The van der Waals surface area contributed by atoms with Crippen molar-refractivity contribution < 1.29 is 4.79 Å². The van der Waals surface area contributed by atoms with E-state index in [2.05, 4.69) is 56.5 Å². The number of aromatic nitrogens is 2. The van der Waals surface area contributed by atoms with E-state index in [0.29, 0.717) is 17.3 Å². The fourth-order valence-corrected chi connectivity index (χ4v) is 3.04.